The second-order valence-corrected chi connectivity index (χ2v) is 7.88. The van der Waals surface area contributed by atoms with Crippen molar-refractivity contribution < 1.29 is 9.18 Å². The molecule has 2 aromatic carbocycles. The van der Waals surface area contributed by atoms with Gasteiger partial charge in [-0.25, -0.2) is 4.39 Å². The second kappa shape index (κ2) is 9.44. The molecule has 0 unspecified atom stereocenters. The van der Waals surface area contributed by atoms with Crippen molar-refractivity contribution in [2.75, 3.05) is 38.0 Å². The van der Waals surface area contributed by atoms with Crippen LogP contribution in [-0.2, 0) is 11.3 Å². The zero-order chi connectivity index (χ0) is 19.2. The highest BCUT2D eigenvalue weighted by molar-refractivity contribution is 9.10. The van der Waals surface area contributed by atoms with E-state index < -0.39 is 5.82 Å². The Kier molecular flexibility index (Phi) is 6.99. The van der Waals surface area contributed by atoms with Crippen molar-refractivity contribution in [3.05, 3.63) is 63.9 Å². The minimum absolute atomic E-state index is 0.154. The highest BCUT2D eigenvalue weighted by Crippen LogP contribution is 2.19. The van der Waals surface area contributed by atoms with Crippen molar-refractivity contribution in [3.8, 4) is 0 Å². The molecule has 0 saturated carbocycles. The SMILES string of the molecule is Cc1ccccc1CN1CCN(CCC(=O)Nc2ccc(Br)cc2F)CC1. The maximum atomic E-state index is 13.8. The molecule has 0 radical (unpaired) electrons. The van der Waals surface area contributed by atoms with Crippen LogP contribution in [0.5, 0.6) is 0 Å². The van der Waals surface area contributed by atoms with Crippen LogP contribution in [0.3, 0.4) is 0 Å². The summed E-state index contributed by atoms with van der Waals surface area (Å²) in [5.41, 5.74) is 2.94. The molecule has 0 aliphatic carbocycles. The summed E-state index contributed by atoms with van der Waals surface area (Å²) in [6.07, 6.45) is 0.368. The average molecular weight is 434 g/mol. The summed E-state index contributed by atoms with van der Waals surface area (Å²) in [6, 6.07) is 13.1. The van der Waals surface area contributed by atoms with E-state index in [0.717, 1.165) is 32.7 Å². The van der Waals surface area contributed by atoms with Gasteiger partial charge in [0.2, 0.25) is 5.91 Å². The lowest BCUT2D eigenvalue weighted by atomic mass is 10.1. The van der Waals surface area contributed by atoms with Crippen LogP contribution in [0.1, 0.15) is 17.5 Å². The first kappa shape index (κ1) is 20.0. The lowest BCUT2D eigenvalue weighted by Crippen LogP contribution is -2.46. The number of hydrogen-bond acceptors (Lipinski definition) is 3. The van der Waals surface area contributed by atoms with Crippen LogP contribution >= 0.6 is 15.9 Å². The van der Waals surface area contributed by atoms with Crippen LogP contribution in [0.2, 0.25) is 0 Å². The van der Waals surface area contributed by atoms with E-state index in [1.165, 1.54) is 17.2 Å². The van der Waals surface area contributed by atoms with Crippen molar-refractivity contribution in [3.63, 3.8) is 0 Å². The van der Waals surface area contributed by atoms with E-state index in [0.29, 0.717) is 17.4 Å². The van der Waals surface area contributed by atoms with Crippen molar-refractivity contribution in [2.24, 2.45) is 0 Å². The molecule has 1 aliphatic heterocycles. The van der Waals surface area contributed by atoms with Crippen LogP contribution < -0.4 is 5.32 Å². The molecule has 1 fully saturated rings. The number of nitrogens with zero attached hydrogens (tertiary/aromatic N) is 2. The van der Waals surface area contributed by atoms with Gasteiger partial charge in [-0.15, -0.1) is 0 Å². The summed E-state index contributed by atoms with van der Waals surface area (Å²) in [6.45, 7) is 7.72. The van der Waals surface area contributed by atoms with Crippen molar-refractivity contribution in [2.45, 2.75) is 19.9 Å². The number of carbonyl (C=O) groups is 1. The monoisotopic (exact) mass is 433 g/mol. The summed E-state index contributed by atoms with van der Waals surface area (Å²) in [7, 11) is 0. The first-order chi connectivity index (χ1) is 13.0. The third-order valence-corrected chi connectivity index (χ3v) is 5.47. The fraction of sp³-hybridized carbons (Fsp3) is 0.381. The van der Waals surface area contributed by atoms with Gasteiger partial charge in [-0.3, -0.25) is 9.69 Å². The highest BCUT2D eigenvalue weighted by atomic mass is 79.9. The van der Waals surface area contributed by atoms with Crippen LogP contribution in [-0.4, -0.2) is 48.4 Å². The average Bonchev–Trinajstić information content (AvgIpc) is 2.65. The van der Waals surface area contributed by atoms with Gasteiger partial charge in [-0.05, 0) is 36.2 Å². The van der Waals surface area contributed by atoms with E-state index in [-0.39, 0.29) is 11.6 Å². The molecule has 1 N–H and O–H groups in total. The number of piperazine rings is 1. The molecule has 0 atom stereocenters. The Morgan fingerprint density at radius 1 is 1.11 bits per heavy atom. The van der Waals surface area contributed by atoms with Gasteiger partial charge in [-0.2, -0.15) is 0 Å². The molecule has 4 nitrogen and oxygen atoms in total. The quantitative estimate of drug-likeness (QED) is 0.746. The molecular weight excluding hydrogens is 409 g/mol. The van der Waals surface area contributed by atoms with E-state index in [9.17, 15) is 9.18 Å². The molecule has 1 amide bonds. The van der Waals surface area contributed by atoms with Crippen molar-refractivity contribution in [1.29, 1.82) is 0 Å². The first-order valence-electron chi connectivity index (χ1n) is 9.25. The lowest BCUT2D eigenvalue weighted by molar-refractivity contribution is -0.116. The predicted octanol–water partition coefficient (Wildman–Crippen LogP) is 4.04. The number of aryl methyl sites for hydroxylation is 1. The fourth-order valence-corrected chi connectivity index (χ4v) is 3.60. The van der Waals surface area contributed by atoms with E-state index in [1.54, 1.807) is 12.1 Å². The molecule has 0 spiro atoms. The van der Waals surface area contributed by atoms with Crippen molar-refractivity contribution in [1.82, 2.24) is 9.80 Å². The molecule has 0 bridgehead atoms. The molecule has 2 aromatic rings. The number of rotatable bonds is 6. The lowest BCUT2D eigenvalue weighted by Gasteiger charge is -2.34. The molecule has 1 saturated heterocycles. The van der Waals surface area contributed by atoms with E-state index >= 15 is 0 Å². The zero-order valence-corrected chi connectivity index (χ0v) is 17.1. The number of anilines is 1. The Morgan fingerprint density at radius 3 is 2.52 bits per heavy atom. The highest BCUT2D eigenvalue weighted by Gasteiger charge is 2.18. The smallest absolute Gasteiger partial charge is 0.225 e. The zero-order valence-electron chi connectivity index (χ0n) is 15.5. The van der Waals surface area contributed by atoms with E-state index in [2.05, 4.69) is 62.2 Å². The summed E-state index contributed by atoms with van der Waals surface area (Å²) in [5, 5.41) is 2.65. The molecule has 27 heavy (non-hydrogen) atoms. The van der Waals surface area contributed by atoms with Crippen LogP contribution in [0, 0.1) is 12.7 Å². The number of benzene rings is 2. The molecule has 6 heteroatoms. The summed E-state index contributed by atoms with van der Waals surface area (Å²) in [4.78, 5) is 16.9. The second-order valence-electron chi connectivity index (χ2n) is 6.97. The normalized spacial score (nSPS) is 15.7. The van der Waals surface area contributed by atoms with Gasteiger partial charge in [-0.1, -0.05) is 40.2 Å². The van der Waals surface area contributed by atoms with Gasteiger partial charge in [0.25, 0.3) is 0 Å². The molecule has 3 rings (SSSR count). The predicted molar refractivity (Wildman–Crippen MR) is 110 cm³/mol. The van der Waals surface area contributed by atoms with Gasteiger partial charge in [0.05, 0.1) is 5.69 Å². The number of halogens is 2. The Labute approximate surface area is 168 Å². The number of amides is 1. The van der Waals surface area contributed by atoms with Gasteiger partial charge in [0, 0.05) is 50.2 Å². The van der Waals surface area contributed by atoms with Gasteiger partial charge in [0.15, 0.2) is 0 Å². The van der Waals surface area contributed by atoms with Gasteiger partial charge < -0.3 is 10.2 Å². The summed E-state index contributed by atoms with van der Waals surface area (Å²) >= 11 is 3.21. The largest absolute Gasteiger partial charge is 0.324 e. The van der Waals surface area contributed by atoms with Gasteiger partial charge in [0.1, 0.15) is 5.82 Å². The third-order valence-electron chi connectivity index (χ3n) is 4.98. The van der Waals surface area contributed by atoms with Crippen LogP contribution in [0.15, 0.2) is 46.9 Å². The first-order valence-corrected chi connectivity index (χ1v) is 10.0. The fourth-order valence-electron chi connectivity index (χ4n) is 3.26. The number of carbonyl (C=O) groups excluding carboxylic acids is 1. The molecule has 1 aliphatic rings. The van der Waals surface area contributed by atoms with Crippen LogP contribution in [0.4, 0.5) is 10.1 Å². The molecule has 0 aromatic heterocycles. The molecule has 1 heterocycles. The van der Waals surface area contributed by atoms with E-state index in [1.807, 2.05) is 0 Å². The standard InChI is InChI=1S/C21H25BrFN3O/c1-16-4-2-3-5-17(16)15-26-12-10-25(11-13-26)9-8-21(27)24-20-7-6-18(22)14-19(20)23/h2-7,14H,8-13,15H2,1H3,(H,24,27). The molecule has 144 valence electrons. The van der Waals surface area contributed by atoms with Crippen LogP contribution in [0.25, 0.3) is 0 Å². The third kappa shape index (κ3) is 5.86. The van der Waals surface area contributed by atoms with Crippen molar-refractivity contribution >= 4 is 27.5 Å². The minimum Gasteiger partial charge on any atom is -0.324 e. The number of hydrogen-bond donors (Lipinski definition) is 1. The topological polar surface area (TPSA) is 35.6 Å². The van der Waals surface area contributed by atoms with E-state index in [4.69, 9.17) is 0 Å². The maximum absolute atomic E-state index is 13.8. The number of nitrogens with one attached hydrogen (secondary N) is 1. The Bertz CT molecular complexity index is 791. The summed E-state index contributed by atoms with van der Waals surface area (Å²) in [5.74, 6) is -0.582. The Balaban J connectivity index is 1.40. The Hall–Kier alpha value is -1.76. The summed E-state index contributed by atoms with van der Waals surface area (Å²) < 4.78 is 14.4. The molecular formula is C21H25BrFN3O. The van der Waals surface area contributed by atoms with Gasteiger partial charge >= 0.3 is 0 Å². The Morgan fingerprint density at radius 2 is 1.81 bits per heavy atom. The maximum Gasteiger partial charge on any atom is 0.225 e. The minimum atomic E-state index is -0.428.